The van der Waals surface area contributed by atoms with Crippen LogP contribution in [0.3, 0.4) is 0 Å². The van der Waals surface area contributed by atoms with Crippen molar-refractivity contribution in [3.63, 3.8) is 0 Å². The van der Waals surface area contributed by atoms with Gasteiger partial charge in [-0.1, -0.05) is 33.9 Å². The van der Waals surface area contributed by atoms with Crippen molar-refractivity contribution in [3.8, 4) is 0 Å². The fraction of sp³-hybridized carbons (Fsp3) is 0.667. The first-order chi connectivity index (χ1) is 11.1. The average Bonchev–Trinajstić information content (AvgIpc) is 2.53. The zero-order valence-corrected chi connectivity index (χ0v) is 16.5. The maximum Gasteiger partial charge on any atom is 0.247 e. The number of carbonyl (C=O) groups is 2. The second kappa shape index (κ2) is 13.7. The fourth-order valence-electron chi connectivity index (χ4n) is 2.00. The van der Waals surface area contributed by atoms with Crippen molar-refractivity contribution in [1.82, 2.24) is 20.4 Å². The van der Waals surface area contributed by atoms with Gasteiger partial charge in [-0.05, 0) is 53.5 Å². The second-order valence-corrected chi connectivity index (χ2v) is 5.75. The van der Waals surface area contributed by atoms with Gasteiger partial charge in [0.15, 0.2) is 0 Å². The lowest BCUT2D eigenvalue weighted by atomic mass is 10.3. The molecule has 140 valence electrons. The summed E-state index contributed by atoms with van der Waals surface area (Å²) in [5, 5.41) is 5.65. The molecule has 6 nitrogen and oxygen atoms in total. The van der Waals surface area contributed by atoms with Crippen LogP contribution in [-0.4, -0.2) is 61.1 Å². The molecule has 24 heavy (non-hydrogen) atoms. The molecule has 0 saturated heterocycles. The molecule has 2 N–H and O–H groups in total. The fourth-order valence-corrected chi connectivity index (χ4v) is 2.00. The topological polar surface area (TPSA) is 64.7 Å². The second-order valence-electron chi connectivity index (χ2n) is 5.75. The first-order valence-corrected chi connectivity index (χ1v) is 8.44. The third kappa shape index (κ3) is 11.0. The van der Waals surface area contributed by atoms with Crippen molar-refractivity contribution in [2.24, 2.45) is 0 Å². The molecule has 0 spiro atoms. The van der Waals surface area contributed by atoms with E-state index >= 15 is 0 Å². The van der Waals surface area contributed by atoms with E-state index in [9.17, 15) is 9.59 Å². The highest BCUT2D eigenvalue weighted by atomic mass is 16.2. The van der Waals surface area contributed by atoms with E-state index in [0.29, 0.717) is 5.57 Å². The van der Waals surface area contributed by atoms with Crippen LogP contribution in [0.4, 0.5) is 0 Å². The predicted molar refractivity (Wildman–Crippen MR) is 101 cm³/mol. The number of hydrogen-bond donors (Lipinski definition) is 2. The molecule has 0 aliphatic rings. The maximum atomic E-state index is 11.2. The summed E-state index contributed by atoms with van der Waals surface area (Å²) in [6, 6.07) is 0. The van der Waals surface area contributed by atoms with Crippen molar-refractivity contribution in [1.29, 1.82) is 0 Å². The number of hydrogen-bond acceptors (Lipinski definition) is 4. The molecule has 0 aliphatic carbocycles. The van der Waals surface area contributed by atoms with E-state index in [0.717, 1.165) is 19.5 Å². The van der Waals surface area contributed by atoms with Crippen LogP contribution in [0.1, 0.15) is 41.0 Å². The Balaban J connectivity index is 0. The van der Waals surface area contributed by atoms with E-state index in [2.05, 4.69) is 42.5 Å². The monoisotopic (exact) mass is 340 g/mol. The number of amides is 2. The van der Waals surface area contributed by atoms with Gasteiger partial charge in [0.2, 0.25) is 11.8 Å². The summed E-state index contributed by atoms with van der Waals surface area (Å²) in [5.74, 6) is -0.190. The highest BCUT2D eigenvalue weighted by molar-refractivity contribution is 5.92. The Hall–Kier alpha value is -1.66. The Morgan fingerprint density at radius 2 is 1.62 bits per heavy atom. The summed E-state index contributed by atoms with van der Waals surface area (Å²) >= 11 is 0. The molecule has 0 bridgehead atoms. The summed E-state index contributed by atoms with van der Waals surface area (Å²) in [7, 11) is 3.87. The maximum absolute atomic E-state index is 11.2. The van der Waals surface area contributed by atoms with Gasteiger partial charge < -0.3 is 10.6 Å². The Morgan fingerprint density at radius 3 is 1.92 bits per heavy atom. The minimum atomic E-state index is -0.116. The van der Waals surface area contributed by atoms with Crippen LogP contribution in [-0.2, 0) is 9.59 Å². The number of nitrogens with zero attached hydrogens (tertiary/aromatic N) is 2. The summed E-state index contributed by atoms with van der Waals surface area (Å²) in [6.45, 7) is 18.7. The molecule has 0 radical (unpaired) electrons. The third-order valence-electron chi connectivity index (χ3n) is 3.59. The van der Waals surface area contributed by atoms with Crippen LogP contribution < -0.4 is 10.6 Å². The van der Waals surface area contributed by atoms with Gasteiger partial charge >= 0.3 is 0 Å². The normalized spacial score (nSPS) is 12.7. The molecule has 0 saturated carbocycles. The van der Waals surface area contributed by atoms with E-state index < -0.39 is 0 Å². The summed E-state index contributed by atoms with van der Waals surface area (Å²) in [4.78, 5) is 26.2. The highest BCUT2D eigenvalue weighted by Gasteiger charge is 2.11. The molecule has 0 fully saturated rings. The zero-order valence-electron chi connectivity index (χ0n) is 16.5. The third-order valence-corrected chi connectivity index (χ3v) is 3.59. The molecule has 6 heteroatoms. The molecule has 2 amide bonds. The van der Waals surface area contributed by atoms with Crippen molar-refractivity contribution < 1.29 is 9.59 Å². The molecule has 2 unspecified atom stereocenters. The van der Waals surface area contributed by atoms with Gasteiger partial charge in [-0.2, -0.15) is 0 Å². The van der Waals surface area contributed by atoms with Crippen LogP contribution in [0.15, 0.2) is 24.8 Å². The Kier molecular flexibility index (Phi) is 14.1. The van der Waals surface area contributed by atoms with Gasteiger partial charge in [0.05, 0.1) is 12.3 Å². The molecule has 0 heterocycles. The summed E-state index contributed by atoms with van der Waals surface area (Å²) < 4.78 is 0. The van der Waals surface area contributed by atoms with Crippen molar-refractivity contribution in [3.05, 3.63) is 24.8 Å². The van der Waals surface area contributed by atoms with E-state index in [1.54, 1.807) is 6.92 Å². The first kappa shape index (κ1) is 24.6. The van der Waals surface area contributed by atoms with E-state index in [-0.39, 0.29) is 24.1 Å². The Bertz CT molecular complexity index is 404. The van der Waals surface area contributed by atoms with Crippen LogP contribution in [0.25, 0.3) is 0 Å². The van der Waals surface area contributed by atoms with E-state index in [1.165, 1.54) is 6.08 Å². The first-order valence-electron chi connectivity index (χ1n) is 8.44. The lowest BCUT2D eigenvalue weighted by molar-refractivity contribution is -0.119. The molecule has 0 aromatic heterocycles. The zero-order chi connectivity index (χ0) is 19.3. The molecule has 0 aromatic carbocycles. The number of carbonyl (C=O) groups excluding carboxylic acids is 2. The van der Waals surface area contributed by atoms with Crippen LogP contribution in [0.5, 0.6) is 0 Å². The van der Waals surface area contributed by atoms with Gasteiger partial charge in [-0.15, -0.1) is 0 Å². The Morgan fingerprint density at radius 1 is 1.12 bits per heavy atom. The molecular weight excluding hydrogens is 304 g/mol. The smallest absolute Gasteiger partial charge is 0.247 e. The quantitative estimate of drug-likeness (QED) is 0.497. The minimum absolute atomic E-state index is 0.0736. The van der Waals surface area contributed by atoms with Crippen LogP contribution >= 0.6 is 0 Å². The predicted octanol–water partition coefficient (Wildman–Crippen LogP) is 1.95. The lowest BCUT2D eigenvalue weighted by Crippen LogP contribution is -2.45. The Labute approximate surface area is 148 Å². The van der Waals surface area contributed by atoms with Crippen molar-refractivity contribution in [2.75, 3.05) is 27.2 Å². The molecule has 0 aromatic rings. The van der Waals surface area contributed by atoms with Crippen LogP contribution in [0.2, 0.25) is 0 Å². The molecule has 2 atom stereocenters. The van der Waals surface area contributed by atoms with Crippen LogP contribution in [0, 0.1) is 0 Å². The van der Waals surface area contributed by atoms with Crippen molar-refractivity contribution >= 4 is 11.8 Å². The molecule has 0 aliphatic heterocycles. The number of nitrogens with one attached hydrogen (secondary N) is 2. The van der Waals surface area contributed by atoms with Gasteiger partial charge in [-0.25, -0.2) is 0 Å². The molecular formula is C18H36N4O2. The lowest BCUT2D eigenvalue weighted by Gasteiger charge is -2.26. The van der Waals surface area contributed by atoms with E-state index in [4.69, 9.17) is 0 Å². The SMILES string of the molecule is C=C(C)C(=O)NC(CC)N(C)C.C=CC(=O)NC(C)N(CC)CC. The summed E-state index contributed by atoms with van der Waals surface area (Å²) in [6.07, 6.45) is 2.38. The highest BCUT2D eigenvalue weighted by Crippen LogP contribution is 1.96. The molecule has 0 rings (SSSR count). The van der Waals surface area contributed by atoms with Crippen molar-refractivity contribution in [2.45, 2.75) is 53.4 Å². The largest absolute Gasteiger partial charge is 0.337 e. The summed E-state index contributed by atoms with van der Waals surface area (Å²) in [5.41, 5.74) is 0.551. The van der Waals surface area contributed by atoms with Gasteiger partial charge in [0.1, 0.15) is 0 Å². The van der Waals surface area contributed by atoms with Gasteiger partial charge in [0.25, 0.3) is 0 Å². The standard InChI is InChI=1S/2C9H18N2O/c1-6-8(11(4)5)10-9(12)7(2)3;1-5-9(12)10-8(4)11(6-2)7-3/h8H,2,6H2,1,3-5H3,(H,10,12);5,8H,1,6-7H2,2-4H3,(H,10,12). The minimum Gasteiger partial charge on any atom is -0.337 e. The van der Waals surface area contributed by atoms with Gasteiger partial charge in [0, 0.05) is 5.57 Å². The van der Waals surface area contributed by atoms with Gasteiger partial charge in [-0.3, -0.25) is 19.4 Å². The number of rotatable bonds is 9. The van der Waals surface area contributed by atoms with E-state index in [1.807, 2.05) is 32.8 Å². The average molecular weight is 341 g/mol.